The van der Waals surface area contributed by atoms with Crippen LogP contribution < -0.4 is 9.47 Å². The first kappa shape index (κ1) is 17.3. The molecule has 5 nitrogen and oxygen atoms in total. The summed E-state index contributed by atoms with van der Waals surface area (Å²) in [5.41, 5.74) is 1.08. The molecule has 0 bridgehead atoms. The van der Waals surface area contributed by atoms with E-state index in [0.717, 1.165) is 15.6 Å². The van der Waals surface area contributed by atoms with Crippen LogP contribution in [0, 0.1) is 0 Å². The number of fused-ring (bicyclic) bond motifs is 1. The molecule has 0 unspecified atom stereocenters. The monoisotopic (exact) mass is 357 g/mol. The first-order chi connectivity index (χ1) is 12.1. The molecule has 0 aliphatic carbocycles. The van der Waals surface area contributed by atoms with Crippen molar-refractivity contribution in [1.82, 2.24) is 5.06 Å². The lowest BCUT2D eigenvalue weighted by atomic mass is 10.2. The summed E-state index contributed by atoms with van der Waals surface area (Å²) in [6.07, 6.45) is 0. The summed E-state index contributed by atoms with van der Waals surface area (Å²) >= 11 is 1.40. The van der Waals surface area contributed by atoms with Gasteiger partial charge in [-0.3, -0.25) is 9.63 Å². The summed E-state index contributed by atoms with van der Waals surface area (Å²) in [4.78, 5) is 17.8. The van der Waals surface area contributed by atoms with Gasteiger partial charge < -0.3 is 9.47 Å². The fourth-order valence-electron chi connectivity index (χ4n) is 2.40. The van der Waals surface area contributed by atoms with Crippen molar-refractivity contribution in [2.24, 2.45) is 0 Å². The van der Waals surface area contributed by atoms with Gasteiger partial charge in [0, 0.05) is 17.8 Å². The SMILES string of the molecule is COc1cc2sc(C(=O)N(C)OC)cc2cc1OCc1ccccc1. The number of nitrogens with zero attached hydrogens (tertiary/aromatic N) is 1. The lowest BCUT2D eigenvalue weighted by molar-refractivity contribution is -0.0753. The van der Waals surface area contributed by atoms with Crippen molar-refractivity contribution in [2.75, 3.05) is 21.3 Å². The molecule has 0 aliphatic rings. The zero-order valence-electron chi connectivity index (χ0n) is 14.3. The number of benzene rings is 2. The Labute approximate surface area is 150 Å². The smallest absolute Gasteiger partial charge is 0.287 e. The van der Waals surface area contributed by atoms with Crippen LogP contribution in [0.1, 0.15) is 15.2 Å². The van der Waals surface area contributed by atoms with Crippen LogP contribution in [0.15, 0.2) is 48.5 Å². The zero-order valence-corrected chi connectivity index (χ0v) is 15.1. The Morgan fingerprint density at radius 1 is 1.08 bits per heavy atom. The molecule has 1 aromatic heterocycles. The topological polar surface area (TPSA) is 48.0 Å². The largest absolute Gasteiger partial charge is 0.493 e. The van der Waals surface area contributed by atoms with Gasteiger partial charge in [0.15, 0.2) is 11.5 Å². The molecule has 6 heteroatoms. The van der Waals surface area contributed by atoms with Crippen molar-refractivity contribution >= 4 is 27.3 Å². The standard InChI is InChI=1S/C19H19NO4S/c1-20(23-3)19(21)18-10-14-9-16(15(22-2)11-17(14)25-18)24-12-13-7-5-4-6-8-13/h4-11H,12H2,1-3H3. The highest BCUT2D eigenvalue weighted by atomic mass is 32.1. The number of ether oxygens (including phenoxy) is 2. The van der Waals surface area contributed by atoms with Gasteiger partial charge in [-0.25, -0.2) is 5.06 Å². The third-order valence-corrected chi connectivity index (χ3v) is 4.90. The van der Waals surface area contributed by atoms with E-state index in [-0.39, 0.29) is 5.91 Å². The Morgan fingerprint density at radius 2 is 1.84 bits per heavy atom. The highest BCUT2D eigenvalue weighted by Gasteiger charge is 2.17. The number of hydrogen-bond donors (Lipinski definition) is 0. The normalized spacial score (nSPS) is 10.7. The fraction of sp³-hybridized carbons (Fsp3) is 0.211. The first-order valence-electron chi connectivity index (χ1n) is 7.73. The zero-order chi connectivity index (χ0) is 17.8. The van der Waals surface area contributed by atoms with Crippen LogP contribution in [0.3, 0.4) is 0 Å². The predicted molar refractivity (Wildman–Crippen MR) is 98.3 cm³/mol. The minimum absolute atomic E-state index is 0.186. The number of hydroxylamine groups is 2. The Bertz CT molecular complexity index is 876. The molecular formula is C19H19NO4S. The molecule has 0 saturated carbocycles. The van der Waals surface area contributed by atoms with E-state index in [9.17, 15) is 4.79 Å². The Kier molecular flexibility index (Phi) is 5.21. The third-order valence-electron chi connectivity index (χ3n) is 3.81. The van der Waals surface area contributed by atoms with Gasteiger partial charge in [-0.2, -0.15) is 0 Å². The van der Waals surface area contributed by atoms with Crippen molar-refractivity contribution in [2.45, 2.75) is 6.61 Å². The molecule has 2 aromatic carbocycles. The minimum Gasteiger partial charge on any atom is -0.493 e. The number of methoxy groups -OCH3 is 1. The molecule has 3 rings (SSSR count). The molecule has 0 fully saturated rings. The van der Waals surface area contributed by atoms with Crippen LogP contribution in [0.2, 0.25) is 0 Å². The van der Waals surface area contributed by atoms with Crippen molar-refractivity contribution in [1.29, 1.82) is 0 Å². The summed E-state index contributed by atoms with van der Waals surface area (Å²) in [5, 5.41) is 2.14. The molecule has 1 amide bonds. The molecule has 1 heterocycles. The minimum atomic E-state index is -0.186. The van der Waals surface area contributed by atoms with Crippen LogP contribution in [-0.4, -0.2) is 32.2 Å². The maximum absolute atomic E-state index is 12.2. The van der Waals surface area contributed by atoms with Gasteiger partial charge in [0.1, 0.15) is 6.61 Å². The lowest BCUT2D eigenvalue weighted by Gasteiger charge is -2.11. The predicted octanol–water partition coefficient (Wildman–Crippen LogP) is 4.12. The van der Waals surface area contributed by atoms with Gasteiger partial charge in [-0.15, -0.1) is 11.3 Å². The summed E-state index contributed by atoms with van der Waals surface area (Å²) in [7, 11) is 4.65. The van der Waals surface area contributed by atoms with E-state index in [0.29, 0.717) is 23.0 Å². The van der Waals surface area contributed by atoms with E-state index >= 15 is 0 Å². The highest BCUT2D eigenvalue weighted by Crippen LogP contribution is 2.37. The van der Waals surface area contributed by atoms with Crippen molar-refractivity contribution in [3.8, 4) is 11.5 Å². The number of thiophene rings is 1. The van der Waals surface area contributed by atoms with Crippen LogP contribution in [-0.2, 0) is 11.4 Å². The van der Waals surface area contributed by atoms with Gasteiger partial charge in [0.05, 0.1) is 19.1 Å². The van der Waals surface area contributed by atoms with Gasteiger partial charge in [-0.05, 0) is 23.1 Å². The van der Waals surface area contributed by atoms with E-state index < -0.39 is 0 Å². The number of carbonyl (C=O) groups excluding carboxylic acids is 1. The maximum Gasteiger partial charge on any atom is 0.287 e. The number of carbonyl (C=O) groups is 1. The summed E-state index contributed by atoms with van der Waals surface area (Å²) in [6.45, 7) is 0.449. The molecule has 25 heavy (non-hydrogen) atoms. The average molecular weight is 357 g/mol. The maximum atomic E-state index is 12.2. The Morgan fingerprint density at radius 3 is 2.52 bits per heavy atom. The van der Waals surface area contributed by atoms with Crippen molar-refractivity contribution in [3.63, 3.8) is 0 Å². The average Bonchev–Trinajstić information content (AvgIpc) is 3.07. The summed E-state index contributed by atoms with van der Waals surface area (Å²) in [6, 6.07) is 15.6. The van der Waals surface area contributed by atoms with Crippen LogP contribution in [0.5, 0.6) is 11.5 Å². The third kappa shape index (κ3) is 3.75. The molecular weight excluding hydrogens is 338 g/mol. The van der Waals surface area contributed by atoms with Crippen LogP contribution >= 0.6 is 11.3 Å². The summed E-state index contributed by atoms with van der Waals surface area (Å²) < 4.78 is 12.3. The van der Waals surface area contributed by atoms with E-state index in [1.165, 1.54) is 23.5 Å². The molecule has 0 N–H and O–H groups in total. The second kappa shape index (κ2) is 7.55. The van der Waals surface area contributed by atoms with Gasteiger partial charge in [0.2, 0.25) is 0 Å². The fourth-order valence-corrected chi connectivity index (χ4v) is 3.44. The first-order valence-corrected chi connectivity index (χ1v) is 8.54. The van der Waals surface area contributed by atoms with E-state index in [2.05, 4.69) is 0 Å². The molecule has 0 radical (unpaired) electrons. The van der Waals surface area contributed by atoms with Gasteiger partial charge in [0.25, 0.3) is 5.91 Å². The van der Waals surface area contributed by atoms with Crippen LogP contribution in [0.4, 0.5) is 0 Å². The molecule has 0 saturated heterocycles. The molecule has 130 valence electrons. The van der Waals surface area contributed by atoms with E-state index in [1.807, 2.05) is 48.5 Å². The van der Waals surface area contributed by atoms with E-state index in [1.54, 1.807) is 14.2 Å². The quantitative estimate of drug-likeness (QED) is 0.623. The number of amides is 1. The number of hydrogen-bond acceptors (Lipinski definition) is 5. The molecule has 0 spiro atoms. The highest BCUT2D eigenvalue weighted by molar-refractivity contribution is 7.20. The van der Waals surface area contributed by atoms with Crippen LogP contribution in [0.25, 0.3) is 10.1 Å². The second-order valence-corrected chi connectivity index (χ2v) is 6.49. The van der Waals surface area contributed by atoms with Gasteiger partial charge >= 0.3 is 0 Å². The van der Waals surface area contributed by atoms with Gasteiger partial charge in [-0.1, -0.05) is 30.3 Å². The van der Waals surface area contributed by atoms with Crippen molar-refractivity contribution < 1.29 is 19.1 Å². The Balaban J connectivity index is 1.89. The molecule has 0 atom stereocenters. The molecule has 0 aliphatic heterocycles. The van der Waals surface area contributed by atoms with E-state index in [4.69, 9.17) is 14.3 Å². The second-order valence-electron chi connectivity index (χ2n) is 5.41. The molecule has 3 aromatic rings. The lowest BCUT2D eigenvalue weighted by Crippen LogP contribution is -2.24. The van der Waals surface area contributed by atoms with Crippen molar-refractivity contribution in [3.05, 3.63) is 59.0 Å². The Hall–Kier alpha value is -2.57. The number of rotatable bonds is 6. The summed E-state index contributed by atoms with van der Waals surface area (Å²) in [5.74, 6) is 1.11.